The van der Waals surface area contributed by atoms with Gasteiger partial charge < -0.3 is 11.1 Å². The first-order valence-corrected chi connectivity index (χ1v) is 5.20. The molecule has 1 aromatic carbocycles. The zero-order chi connectivity index (χ0) is 12.3. The maximum Gasteiger partial charge on any atom is 0.248 e. The highest BCUT2D eigenvalue weighted by Crippen LogP contribution is 2.23. The lowest BCUT2D eigenvalue weighted by atomic mass is 10.1. The lowest BCUT2D eigenvalue weighted by Gasteiger charge is -2.10. The molecular formula is C11H13ClN2O2. The first-order chi connectivity index (χ1) is 7.41. The summed E-state index contributed by atoms with van der Waals surface area (Å²) >= 11 is 5.88. The number of hydrogen-bond donors (Lipinski definition) is 2. The van der Waals surface area contributed by atoms with Gasteiger partial charge in [0.1, 0.15) is 0 Å². The second kappa shape index (κ2) is 4.99. The molecule has 1 rings (SSSR count). The van der Waals surface area contributed by atoms with Gasteiger partial charge in [0.05, 0.1) is 10.7 Å². The van der Waals surface area contributed by atoms with E-state index in [1.807, 2.05) is 0 Å². The molecule has 0 saturated carbocycles. The van der Waals surface area contributed by atoms with Gasteiger partial charge in [-0.05, 0) is 18.2 Å². The van der Waals surface area contributed by atoms with Gasteiger partial charge in [0.15, 0.2) is 0 Å². The highest BCUT2D eigenvalue weighted by atomic mass is 35.5. The van der Waals surface area contributed by atoms with E-state index >= 15 is 0 Å². The number of hydrogen-bond acceptors (Lipinski definition) is 2. The summed E-state index contributed by atoms with van der Waals surface area (Å²) in [6.45, 7) is 3.53. The first kappa shape index (κ1) is 12.5. The third-order valence-electron chi connectivity index (χ3n) is 2.03. The molecule has 0 atom stereocenters. The molecule has 5 heteroatoms. The van der Waals surface area contributed by atoms with Gasteiger partial charge in [0.2, 0.25) is 11.8 Å². The first-order valence-electron chi connectivity index (χ1n) is 4.82. The standard InChI is InChI=1S/C11H13ClN2O2/c1-6(2)11(16)14-9-5-7(10(13)15)3-4-8(9)12/h3-6H,1-2H3,(H2,13,15)(H,14,16). The van der Waals surface area contributed by atoms with Gasteiger partial charge in [0.25, 0.3) is 0 Å². The third-order valence-corrected chi connectivity index (χ3v) is 2.36. The van der Waals surface area contributed by atoms with Crippen LogP contribution in [0.15, 0.2) is 18.2 Å². The predicted molar refractivity (Wildman–Crippen MR) is 63.4 cm³/mol. The van der Waals surface area contributed by atoms with Crippen LogP contribution in [0.2, 0.25) is 5.02 Å². The summed E-state index contributed by atoms with van der Waals surface area (Å²) in [7, 11) is 0. The Kier molecular flexibility index (Phi) is 3.90. The average molecular weight is 241 g/mol. The van der Waals surface area contributed by atoms with Crippen LogP contribution in [-0.4, -0.2) is 11.8 Å². The van der Waals surface area contributed by atoms with Crippen LogP contribution in [-0.2, 0) is 4.79 Å². The molecule has 0 radical (unpaired) electrons. The van der Waals surface area contributed by atoms with E-state index in [4.69, 9.17) is 17.3 Å². The molecule has 1 aromatic rings. The van der Waals surface area contributed by atoms with Crippen LogP contribution in [0.3, 0.4) is 0 Å². The van der Waals surface area contributed by atoms with Crippen molar-refractivity contribution in [3.05, 3.63) is 28.8 Å². The lowest BCUT2D eigenvalue weighted by Crippen LogP contribution is -2.19. The van der Waals surface area contributed by atoms with E-state index in [9.17, 15) is 9.59 Å². The monoisotopic (exact) mass is 240 g/mol. The number of benzene rings is 1. The van der Waals surface area contributed by atoms with Crippen LogP contribution < -0.4 is 11.1 Å². The number of primary amides is 1. The molecule has 0 bridgehead atoms. The number of carbonyl (C=O) groups excluding carboxylic acids is 2. The number of anilines is 1. The van der Waals surface area contributed by atoms with Crippen molar-refractivity contribution >= 4 is 29.1 Å². The van der Waals surface area contributed by atoms with Gasteiger partial charge >= 0.3 is 0 Å². The number of nitrogens with one attached hydrogen (secondary N) is 1. The van der Waals surface area contributed by atoms with Gasteiger partial charge in [-0.15, -0.1) is 0 Å². The number of rotatable bonds is 3. The molecule has 0 spiro atoms. The largest absolute Gasteiger partial charge is 0.366 e. The molecule has 0 unspecified atom stereocenters. The van der Waals surface area contributed by atoms with Crippen LogP contribution >= 0.6 is 11.6 Å². The fraction of sp³-hybridized carbons (Fsp3) is 0.273. The fourth-order valence-electron chi connectivity index (χ4n) is 1.05. The maximum atomic E-state index is 11.5. The van der Waals surface area contributed by atoms with Gasteiger partial charge in [-0.3, -0.25) is 9.59 Å². The molecule has 0 aliphatic rings. The third kappa shape index (κ3) is 2.97. The summed E-state index contributed by atoms with van der Waals surface area (Å²) in [4.78, 5) is 22.4. The summed E-state index contributed by atoms with van der Waals surface area (Å²) in [5.41, 5.74) is 5.84. The fourth-order valence-corrected chi connectivity index (χ4v) is 1.22. The SMILES string of the molecule is CC(C)C(=O)Nc1cc(C(N)=O)ccc1Cl. The van der Waals surface area contributed by atoms with Crippen molar-refractivity contribution < 1.29 is 9.59 Å². The van der Waals surface area contributed by atoms with Crippen LogP contribution in [0.4, 0.5) is 5.69 Å². The summed E-state index contributed by atoms with van der Waals surface area (Å²) < 4.78 is 0. The van der Waals surface area contributed by atoms with Gasteiger partial charge in [-0.2, -0.15) is 0 Å². The lowest BCUT2D eigenvalue weighted by molar-refractivity contribution is -0.118. The molecule has 0 heterocycles. The summed E-state index contributed by atoms with van der Waals surface area (Å²) in [5, 5.41) is 3.00. The van der Waals surface area contributed by atoms with Crippen molar-refractivity contribution in [3.63, 3.8) is 0 Å². The maximum absolute atomic E-state index is 11.5. The topological polar surface area (TPSA) is 72.2 Å². The average Bonchev–Trinajstić information content (AvgIpc) is 2.20. The molecule has 0 aliphatic heterocycles. The van der Waals surface area contributed by atoms with Crippen molar-refractivity contribution in [2.24, 2.45) is 11.7 Å². The minimum absolute atomic E-state index is 0.159. The Balaban J connectivity index is 2.99. The molecule has 4 nitrogen and oxygen atoms in total. The number of nitrogens with two attached hydrogens (primary N) is 1. The molecular weight excluding hydrogens is 228 g/mol. The second-order valence-electron chi connectivity index (χ2n) is 3.70. The molecule has 86 valence electrons. The van der Waals surface area contributed by atoms with Crippen molar-refractivity contribution in [1.29, 1.82) is 0 Å². The molecule has 16 heavy (non-hydrogen) atoms. The van der Waals surface area contributed by atoms with E-state index in [2.05, 4.69) is 5.32 Å². The van der Waals surface area contributed by atoms with Crippen molar-refractivity contribution in [2.75, 3.05) is 5.32 Å². The van der Waals surface area contributed by atoms with Gasteiger partial charge in [-0.1, -0.05) is 25.4 Å². The molecule has 0 aliphatic carbocycles. The van der Waals surface area contributed by atoms with Crippen LogP contribution in [0.1, 0.15) is 24.2 Å². The Morgan fingerprint density at radius 3 is 2.50 bits per heavy atom. The van der Waals surface area contributed by atoms with Crippen LogP contribution in [0.5, 0.6) is 0 Å². The van der Waals surface area contributed by atoms with Gasteiger partial charge in [-0.25, -0.2) is 0 Å². The van der Waals surface area contributed by atoms with E-state index in [1.54, 1.807) is 13.8 Å². The number of halogens is 1. The van der Waals surface area contributed by atoms with Crippen molar-refractivity contribution in [1.82, 2.24) is 0 Å². The van der Waals surface area contributed by atoms with Crippen LogP contribution in [0.25, 0.3) is 0 Å². The second-order valence-corrected chi connectivity index (χ2v) is 4.11. The van der Waals surface area contributed by atoms with Crippen molar-refractivity contribution in [3.8, 4) is 0 Å². The normalized spacial score (nSPS) is 10.2. The smallest absolute Gasteiger partial charge is 0.248 e. The van der Waals surface area contributed by atoms with E-state index in [-0.39, 0.29) is 11.8 Å². The molecule has 3 N–H and O–H groups in total. The molecule has 0 aromatic heterocycles. The van der Waals surface area contributed by atoms with Gasteiger partial charge in [0, 0.05) is 11.5 Å². The summed E-state index contributed by atoms with van der Waals surface area (Å²) in [6, 6.07) is 4.50. The summed E-state index contributed by atoms with van der Waals surface area (Å²) in [5.74, 6) is -0.881. The van der Waals surface area contributed by atoms with E-state index in [0.717, 1.165) is 0 Å². The Hall–Kier alpha value is -1.55. The summed E-state index contributed by atoms with van der Waals surface area (Å²) in [6.07, 6.45) is 0. The highest BCUT2D eigenvalue weighted by Gasteiger charge is 2.11. The minimum atomic E-state index is -0.559. The van der Waals surface area contributed by atoms with Crippen LogP contribution in [0, 0.1) is 5.92 Å². The predicted octanol–water partition coefficient (Wildman–Crippen LogP) is 2.03. The molecule has 0 saturated heterocycles. The number of carbonyl (C=O) groups is 2. The molecule has 2 amide bonds. The quantitative estimate of drug-likeness (QED) is 0.849. The Bertz CT molecular complexity index is 430. The minimum Gasteiger partial charge on any atom is -0.366 e. The van der Waals surface area contributed by atoms with E-state index in [0.29, 0.717) is 16.3 Å². The van der Waals surface area contributed by atoms with E-state index < -0.39 is 5.91 Å². The highest BCUT2D eigenvalue weighted by molar-refractivity contribution is 6.33. The Labute approximate surface area is 98.8 Å². The Morgan fingerprint density at radius 1 is 1.38 bits per heavy atom. The van der Waals surface area contributed by atoms with E-state index in [1.165, 1.54) is 18.2 Å². The van der Waals surface area contributed by atoms with Crippen molar-refractivity contribution in [2.45, 2.75) is 13.8 Å². The zero-order valence-corrected chi connectivity index (χ0v) is 9.84. The zero-order valence-electron chi connectivity index (χ0n) is 9.08. The Morgan fingerprint density at radius 2 is 2.00 bits per heavy atom. The number of amides is 2. The molecule has 0 fully saturated rings.